The smallest absolute Gasteiger partial charge is 0.243 e. The Morgan fingerprint density at radius 3 is 2.61 bits per heavy atom. The highest BCUT2D eigenvalue weighted by Crippen LogP contribution is 2.23. The lowest BCUT2D eigenvalue weighted by molar-refractivity contribution is 0.471. The van der Waals surface area contributed by atoms with Gasteiger partial charge in [-0.05, 0) is 37.1 Å². The molecule has 2 rings (SSSR count). The van der Waals surface area contributed by atoms with Crippen LogP contribution in [-0.2, 0) is 10.0 Å². The van der Waals surface area contributed by atoms with E-state index in [1.165, 1.54) is 16.4 Å². The zero-order valence-corrected chi connectivity index (χ0v) is 11.6. The molecule has 1 aliphatic rings. The Labute approximate surface area is 112 Å². The van der Waals surface area contributed by atoms with E-state index in [0.29, 0.717) is 25.1 Å². The molecule has 0 spiro atoms. The molecule has 1 atom stereocenters. The second-order valence-electron chi connectivity index (χ2n) is 4.32. The molecular weight excluding hydrogens is 279 g/mol. The van der Waals surface area contributed by atoms with Crippen LogP contribution in [0.15, 0.2) is 23.1 Å². The normalized spacial score (nSPS) is 20.7. The molecular formula is C11H16ClFN2O2S. The molecule has 18 heavy (non-hydrogen) atoms. The topological polar surface area (TPSA) is 63.4 Å². The van der Waals surface area contributed by atoms with Gasteiger partial charge in [-0.3, -0.25) is 0 Å². The van der Waals surface area contributed by atoms with Crippen LogP contribution in [0.1, 0.15) is 12.0 Å². The SMILES string of the molecule is Cc1cc(F)ccc1S(=O)(=O)N1CC[C@@H](N)C1.Cl. The molecule has 1 heterocycles. The van der Waals surface area contributed by atoms with Crippen LogP contribution in [0.25, 0.3) is 0 Å². The summed E-state index contributed by atoms with van der Waals surface area (Å²) in [5, 5.41) is 0. The zero-order chi connectivity index (χ0) is 12.6. The van der Waals surface area contributed by atoms with Crippen molar-refractivity contribution in [2.45, 2.75) is 24.3 Å². The number of nitrogens with two attached hydrogens (primary N) is 1. The van der Waals surface area contributed by atoms with Gasteiger partial charge >= 0.3 is 0 Å². The summed E-state index contributed by atoms with van der Waals surface area (Å²) in [6, 6.07) is 3.59. The van der Waals surface area contributed by atoms with E-state index in [1.807, 2.05) is 0 Å². The zero-order valence-electron chi connectivity index (χ0n) is 9.97. The molecule has 1 aromatic rings. The molecule has 1 fully saturated rings. The maximum atomic E-state index is 12.9. The summed E-state index contributed by atoms with van der Waals surface area (Å²) in [5.41, 5.74) is 6.12. The summed E-state index contributed by atoms with van der Waals surface area (Å²) < 4.78 is 38.8. The first-order valence-electron chi connectivity index (χ1n) is 5.43. The average Bonchev–Trinajstić information content (AvgIpc) is 2.64. The van der Waals surface area contributed by atoms with Gasteiger partial charge in [0.05, 0.1) is 4.90 Å². The fourth-order valence-electron chi connectivity index (χ4n) is 2.01. The quantitative estimate of drug-likeness (QED) is 0.894. The second kappa shape index (κ2) is 5.52. The van der Waals surface area contributed by atoms with Gasteiger partial charge in [-0.15, -0.1) is 12.4 Å². The lowest BCUT2D eigenvalue weighted by atomic mass is 10.2. The first-order valence-corrected chi connectivity index (χ1v) is 6.87. The fourth-order valence-corrected chi connectivity index (χ4v) is 3.73. The van der Waals surface area contributed by atoms with Crippen molar-refractivity contribution in [1.82, 2.24) is 4.31 Å². The third-order valence-corrected chi connectivity index (χ3v) is 4.97. The molecule has 102 valence electrons. The first kappa shape index (κ1) is 15.4. The predicted octanol–water partition coefficient (Wildman–Crippen LogP) is 1.28. The minimum Gasteiger partial charge on any atom is -0.326 e. The molecule has 1 saturated heterocycles. The molecule has 0 aromatic heterocycles. The van der Waals surface area contributed by atoms with Crippen LogP contribution < -0.4 is 5.73 Å². The van der Waals surface area contributed by atoms with Crippen LogP contribution in [0.4, 0.5) is 4.39 Å². The third-order valence-electron chi connectivity index (χ3n) is 2.94. The monoisotopic (exact) mass is 294 g/mol. The molecule has 0 radical (unpaired) electrons. The Kier molecular flexibility index (Phi) is 4.72. The highest BCUT2D eigenvalue weighted by molar-refractivity contribution is 7.89. The molecule has 0 amide bonds. The molecule has 7 heteroatoms. The van der Waals surface area contributed by atoms with Crippen LogP contribution in [0.3, 0.4) is 0 Å². The van der Waals surface area contributed by atoms with Crippen molar-refractivity contribution in [3.05, 3.63) is 29.6 Å². The Morgan fingerprint density at radius 2 is 2.11 bits per heavy atom. The number of benzene rings is 1. The lowest BCUT2D eigenvalue weighted by Crippen LogP contribution is -2.32. The molecule has 2 N–H and O–H groups in total. The van der Waals surface area contributed by atoms with E-state index in [2.05, 4.69) is 0 Å². The summed E-state index contributed by atoms with van der Waals surface area (Å²) in [4.78, 5) is 0.160. The van der Waals surface area contributed by atoms with E-state index < -0.39 is 15.8 Å². The molecule has 0 saturated carbocycles. The van der Waals surface area contributed by atoms with Crippen molar-refractivity contribution in [3.8, 4) is 0 Å². The van der Waals surface area contributed by atoms with Crippen molar-refractivity contribution in [3.63, 3.8) is 0 Å². The maximum Gasteiger partial charge on any atom is 0.243 e. The minimum absolute atomic E-state index is 0. The third kappa shape index (κ3) is 2.83. The van der Waals surface area contributed by atoms with Gasteiger partial charge in [0.15, 0.2) is 0 Å². The van der Waals surface area contributed by atoms with Gasteiger partial charge in [0, 0.05) is 19.1 Å². The van der Waals surface area contributed by atoms with E-state index in [-0.39, 0.29) is 23.3 Å². The number of rotatable bonds is 2. The summed E-state index contributed by atoms with van der Waals surface area (Å²) in [6.07, 6.45) is 0.666. The van der Waals surface area contributed by atoms with Gasteiger partial charge in [0.2, 0.25) is 10.0 Å². The first-order chi connectivity index (χ1) is 7.91. The van der Waals surface area contributed by atoms with E-state index in [9.17, 15) is 12.8 Å². The molecule has 0 aliphatic carbocycles. The number of aryl methyl sites for hydroxylation is 1. The van der Waals surface area contributed by atoms with Crippen LogP contribution in [0, 0.1) is 12.7 Å². The summed E-state index contributed by atoms with van der Waals surface area (Å²) in [7, 11) is -3.53. The summed E-state index contributed by atoms with van der Waals surface area (Å²) in [5.74, 6) is -0.431. The van der Waals surface area contributed by atoms with E-state index >= 15 is 0 Å². The highest BCUT2D eigenvalue weighted by Gasteiger charge is 2.31. The summed E-state index contributed by atoms with van der Waals surface area (Å²) in [6.45, 7) is 2.35. The average molecular weight is 295 g/mol. The molecule has 4 nitrogen and oxygen atoms in total. The molecule has 1 aromatic carbocycles. The van der Waals surface area contributed by atoms with Gasteiger partial charge in [-0.2, -0.15) is 4.31 Å². The Bertz CT molecular complexity index is 536. The number of sulfonamides is 1. The van der Waals surface area contributed by atoms with Gasteiger partial charge in [-0.25, -0.2) is 12.8 Å². The van der Waals surface area contributed by atoms with Crippen molar-refractivity contribution < 1.29 is 12.8 Å². The van der Waals surface area contributed by atoms with Crippen LogP contribution in [0.5, 0.6) is 0 Å². The maximum absolute atomic E-state index is 12.9. The van der Waals surface area contributed by atoms with E-state index in [4.69, 9.17) is 5.73 Å². The fraction of sp³-hybridized carbons (Fsp3) is 0.455. The highest BCUT2D eigenvalue weighted by atomic mass is 35.5. The van der Waals surface area contributed by atoms with Crippen LogP contribution in [-0.4, -0.2) is 31.9 Å². The van der Waals surface area contributed by atoms with Crippen molar-refractivity contribution >= 4 is 22.4 Å². The molecule has 0 bridgehead atoms. The molecule has 1 aliphatic heterocycles. The Balaban J connectivity index is 0.00000162. The number of nitrogens with zero attached hydrogens (tertiary/aromatic N) is 1. The van der Waals surface area contributed by atoms with Crippen molar-refractivity contribution in [2.24, 2.45) is 5.73 Å². The predicted molar refractivity (Wildman–Crippen MR) is 69.7 cm³/mol. The second-order valence-corrected chi connectivity index (χ2v) is 6.23. The van der Waals surface area contributed by atoms with Gasteiger partial charge in [0.1, 0.15) is 5.82 Å². The van der Waals surface area contributed by atoms with Crippen molar-refractivity contribution in [1.29, 1.82) is 0 Å². The minimum atomic E-state index is -3.53. The standard InChI is InChI=1S/C11H15FN2O2S.ClH/c1-8-6-9(12)2-3-11(8)17(15,16)14-5-4-10(13)7-14;/h2-3,6,10H,4-5,7,13H2,1H3;1H/t10-;/m1./s1. The largest absolute Gasteiger partial charge is 0.326 e. The van der Waals surface area contributed by atoms with Gasteiger partial charge in [0.25, 0.3) is 0 Å². The number of hydrogen-bond donors (Lipinski definition) is 1. The van der Waals surface area contributed by atoms with Crippen LogP contribution in [0.2, 0.25) is 0 Å². The van der Waals surface area contributed by atoms with Gasteiger partial charge < -0.3 is 5.73 Å². The Morgan fingerprint density at radius 1 is 1.44 bits per heavy atom. The van der Waals surface area contributed by atoms with Gasteiger partial charge in [-0.1, -0.05) is 0 Å². The van der Waals surface area contributed by atoms with E-state index in [0.717, 1.165) is 6.07 Å². The lowest BCUT2D eigenvalue weighted by Gasteiger charge is -2.17. The van der Waals surface area contributed by atoms with Crippen LogP contribution >= 0.6 is 12.4 Å². The number of hydrogen-bond acceptors (Lipinski definition) is 3. The van der Waals surface area contributed by atoms with E-state index in [1.54, 1.807) is 6.92 Å². The summed E-state index contributed by atoms with van der Waals surface area (Å²) >= 11 is 0. The number of halogens is 2. The van der Waals surface area contributed by atoms with Crippen molar-refractivity contribution in [2.75, 3.05) is 13.1 Å². The molecule has 0 unspecified atom stereocenters. The Hall–Kier alpha value is -0.690.